The van der Waals surface area contributed by atoms with Gasteiger partial charge in [-0.25, -0.2) is 13.4 Å². The molecule has 0 saturated carbocycles. The first kappa shape index (κ1) is 14.3. The molecule has 1 aromatic carbocycles. The van der Waals surface area contributed by atoms with Crippen LogP contribution in [0.25, 0.3) is 0 Å². The summed E-state index contributed by atoms with van der Waals surface area (Å²) in [7, 11) is -2.09. The lowest BCUT2D eigenvalue weighted by Gasteiger charge is -2.18. The van der Waals surface area contributed by atoms with Crippen molar-refractivity contribution >= 4 is 38.6 Å². The molecule has 2 aromatic rings. The normalized spacial score (nSPS) is 11.6. The molecule has 0 atom stereocenters. The van der Waals surface area contributed by atoms with Gasteiger partial charge in [-0.2, -0.15) is 0 Å². The van der Waals surface area contributed by atoms with Crippen LogP contribution >= 0.6 is 22.9 Å². The number of rotatable bonds is 3. The lowest BCUT2D eigenvalue weighted by Crippen LogP contribution is -2.26. The number of thiazole rings is 1. The lowest BCUT2D eigenvalue weighted by atomic mass is 10.2. The maximum absolute atomic E-state index is 12.5. The highest BCUT2D eigenvalue weighted by atomic mass is 35.5. The van der Waals surface area contributed by atoms with Crippen LogP contribution in [-0.4, -0.2) is 20.4 Å². The van der Waals surface area contributed by atoms with Gasteiger partial charge in [0.05, 0.1) is 11.4 Å². The fraction of sp³-hybridized carbons (Fsp3) is 0.250. The second-order valence-electron chi connectivity index (χ2n) is 4.15. The van der Waals surface area contributed by atoms with Gasteiger partial charge in [-0.15, -0.1) is 0 Å². The Hall–Kier alpha value is -1.11. The first-order valence-corrected chi connectivity index (χ1v) is 8.14. The predicted octanol–water partition coefficient (Wildman–Crippen LogP) is 3.24. The van der Waals surface area contributed by atoms with Crippen molar-refractivity contribution in [2.75, 3.05) is 11.4 Å². The molecule has 19 heavy (non-hydrogen) atoms. The molecule has 0 spiro atoms. The Kier molecular flexibility index (Phi) is 3.85. The molecule has 0 aliphatic carbocycles. The molecule has 0 amide bonds. The van der Waals surface area contributed by atoms with Crippen LogP contribution in [0.2, 0.25) is 4.47 Å². The van der Waals surface area contributed by atoms with Crippen molar-refractivity contribution in [1.29, 1.82) is 0 Å². The van der Waals surface area contributed by atoms with E-state index in [1.807, 2.05) is 19.1 Å². The maximum atomic E-state index is 12.5. The van der Waals surface area contributed by atoms with E-state index in [-0.39, 0.29) is 8.68 Å². The molecule has 2 rings (SSSR count). The summed E-state index contributed by atoms with van der Waals surface area (Å²) in [6.45, 7) is 3.59. The van der Waals surface area contributed by atoms with Crippen LogP contribution < -0.4 is 4.31 Å². The van der Waals surface area contributed by atoms with Crippen molar-refractivity contribution in [3.05, 3.63) is 40.0 Å². The maximum Gasteiger partial charge on any atom is 0.275 e. The largest absolute Gasteiger partial charge is 0.275 e. The summed E-state index contributed by atoms with van der Waals surface area (Å²) in [5.74, 6) is 0. The van der Waals surface area contributed by atoms with Crippen LogP contribution in [0.4, 0.5) is 5.69 Å². The lowest BCUT2D eigenvalue weighted by molar-refractivity contribution is 0.595. The highest BCUT2D eigenvalue weighted by molar-refractivity contribution is 7.94. The first-order valence-electron chi connectivity index (χ1n) is 5.51. The Morgan fingerprint density at radius 1 is 1.21 bits per heavy atom. The second-order valence-corrected chi connectivity index (χ2v) is 7.89. The Morgan fingerprint density at radius 3 is 2.26 bits per heavy atom. The van der Waals surface area contributed by atoms with Gasteiger partial charge in [0.25, 0.3) is 10.0 Å². The molecule has 1 heterocycles. The number of aromatic nitrogens is 1. The highest BCUT2D eigenvalue weighted by Crippen LogP contribution is 2.31. The molecule has 0 aliphatic rings. The minimum Gasteiger partial charge on any atom is -0.269 e. The van der Waals surface area contributed by atoms with Crippen molar-refractivity contribution in [3.8, 4) is 0 Å². The van der Waals surface area contributed by atoms with E-state index in [1.165, 1.54) is 11.4 Å². The Labute approximate surface area is 121 Å². The molecule has 0 bridgehead atoms. The standard InChI is InChI=1S/C12H13ClN2O2S2/c1-8-4-6-10(7-5-8)15(3)19(16,17)11-9(2)14-12(13)18-11/h4-7H,1-3H3. The van der Waals surface area contributed by atoms with Gasteiger partial charge in [-0.1, -0.05) is 40.6 Å². The van der Waals surface area contributed by atoms with Crippen molar-refractivity contribution in [1.82, 2.24) is 4.98 Å². The average molecular weight is 317 g/mol. The summed E-state index contributed by atoms with van der Waals surface area (Å²) in [5.41, 5.74) is 2.11. The monoisotopic (exact) mass is 316 g/mol. The van der Waals surface area contributed by atoms with Gasteiger partial charge in [0.15, 0.2) is 8.68 Å². The fourth-order valence-electron chi connectivity index (χ4n) is 1.61. The molecule has 102 valence electrons. The van der Waals surface area contributed by atoms with Crippen molar-refractivity contribution in [2.45, 2.75) is 18.1 Å². The van der Waals surface area contributed by atoms with Gasteiger partial charge < -0.3 is 0 Å². The van der Waals surface area contributed by atoms with Crippen molar-refractivity contribution in [3.63, 3.8) is 0 Å². The zero-order valence-electron chi connectivity index (χ0n) is 10.7. The fourth-order valence-corrected chi connectivity index (χ4v) is 4.69. The average Bonchev–Trinajstić information content (AvgIpc) is 2.69. The van der Waals surface area contributed by atoms with Crippen molar-refractivity contribution in [2.24, 2.45) is 0 Å². The molecule has 4 nitrogen and oxygen atoms in total. The summed E-state index contributed by atoms with van der Waals surface area (Å²) in [6.07, 6.45) is 0. The Balaban J connectivity index is 2.45. The SMILES string of the molecule is Cc1ccc(N(C)S(=O)(=O)c2sc(Cl)nc2C)cc1. The molecule has 0 unspecified atom stereocenters. The Bertz CT molecular complexity index is 693. The van der Waals surface area contributed by atoms with Gasteiger partial charge in [-0.05, 0) is 26.0 Å². The zero-order valence-corrected chi connectivity index (χ0v) is 13.1. The van der Waals surface area contributed by atoms with Gasteiger partial charge in [-0.3, -0.25) is 4.31 Å². The Morgan fingerprint density at radius 2 is 1.79 bits per heavy atom. The van der Waals surface area contributed by atoms with Crippen LogP contribution in [-0.2, 0) is 10.0 Å². The van der Waals surface area contributed by atoms with Crippen LogP contribution in [0.5, 0.6) is 0 Å². The van der Waals surface area contributed by atoms with Crippen molar-refractivity contribution < 1.29 is 8.42 Å². The number of halogens is 1. The van der Waals surface area contributed by atoms with E-state index < -0.39 is 10.0 Å². The van der Waals surface area contributed by atoms with Gasteiger partial charge in [0.1, 0.15) is 0 Å². The minimum atomic E-state index is -3.61. The third-order valence-electron chi connectivity index (χ3n) is 2.72. The third-order valence-corrected chi connectivity index (χ3v) is 6.35. The molecule has 0 N–H and O–H groups in total. The highest BCUT2D eigenvalue weighted by Gasteiger charge is 2.26. The first-order chi connectivity index (χ1) is 8.82. The molecule has 0 aliphatic heterocycles. The summed E-state index contributed by atoms with van der Waals surface area (Å²) in [6, 6.07) is 7.28. The van der Waals surface area contributed by atoms with E-state index in [0.717, 1.165) is 16.9 Å². The number of aryl methyl sites for hydroxylation is 2. The van der Waals surface area contributed by atoms with E-state index in [1.54, 1.807) is 19.1 Å². The van der Waals surface area contributed by atoms with E-state index >= 15 is 0 Å². The molecular formula is C12H13ClN2O2S2. The second kappa shape index (κ2) is 5.11. The van der Waals surface area contributed by atoms with E-state index in [9.17, 15) is 8.42 Å². The predicted molar refractivity (Wildman–Crippen MR) is 78.6 cm³/mol. The third kappa shape index (κ3) is 2.75. The van der Waals surface area contributed by atoms with Gasteiger partial charge >= 0.3 is 0 Å². The van der Waals surface area contributed by atoms with Gasteiger partial charge in [0, 0.05) is 7.05 Å². The number of sulfonamides is 1. The summed E-state index contributed by atoms with van der Waals surface area (Å²) >= 11 is 6.74. The summed E-state index contributed by atoms with van der Waals surface area (Å²) in [5, 5.41) is 0. The van der Waals surface area contributed by atoms with Crippen LogP contribution in [0.15, 0.2) is 28.5 Å². The number of anilines is 1. The van der Waals surface area contributed by atoms with Gasteiger partial charge in [0.2, 0.25) is 0 Å². The van der Waals surface area contributed by atoms with Crippen LogP contribution in [0, 0.1) is 13.8 Å². The van der Waals surface area contributed by atoms with Crippen LogP contribution in [0.3, 0.4) is 0 Å². The summed E-state index contributed by atoms with van der Waals surface area (Å²) in [4.78, 5) is 3.95. The quantitative estimate of drug-likeness (QED) is 0.873. The van der Waals surface area contributed by atoms with E-state index in [4.69, 9.17) is 11.6 Å². The molecule has 7 heteroatoms. The topological polar surface area (TPSA) is 50.3 Å². The molecular weight excluding hydrogens is 304 g/mol. The number of nitrogens with zero attached hydrogens (tertiary/aromatic N) is 2. The van der Waals surface area contributed by atoms with Crippen LogP contribution in [0.1, 0.15) is 11.3 Å². The molecule has 0 fully saturated rings. The molecule has 1 aromatic heterocycles. The zero-order chi connectivity index (χ0) is 14.2. The van der Waals surface area contributed by atoms with E-state index in [2.05, 4.69) is 4.98 Å². The molecule has 0 saturated heterocycles. The number of hydrogen-bond acceptors (Lipinski definition) is 4. The molecule has 0 radical (unpaired) electrons. The number of benzene rings is 1. The smallest absolute Gasteiger partial charge is 0.269 e. The minimum absolute atomic E-state index is 0.181. The summed E-state index contributed by atoms with van der Waals surface area (Å²) < 4.78 is 26.6. The number of hydrogen-bond donors (Lipinski definition) is 0. The van der Waals surface area contributed by atoms with E-state index in [0.29, 0.717) is 11.4 Å².